The zero-order valence-corrected chi connectivity index (χ0v) is 22.2. The standard InChI is InChI=1S/C29H39N5O3/c1-29(2,3)37-26(35)21-32-15-13-25(14-16-32)34-19-17-33(18-20-34)24-11-9-22(10-12-24)27(30)31-28(36)23-7-5-4-6-8-23/h4-12,25H,13-21H2,1-3H3,(H2,30,31,36). The number of hydrogen-bond acceptors (Lipinski definition) is 7. The van der Waals surface area contributed by atoms with Gasteiger partial charge in [0.15, 0.2) is 0 Å². The zero-order chi connectivity index (χ0) is 26.4. The Labute approximate surface area is 220 Å². The van der Waals surface area contributed by atoms with Crippen molar-refractivity contribution in [2.24, 2.45) is 0 Å². The van der Waals surface area contributed by atoms with Gasteiger partial charge in [-0.25, -0.2) is 0 Å². The minimum Gasteiger partial charge on any atom is -0.459 e. The maximum absolute atomic E-state index is 12.3. The first-order chi connectivity index (χ1) is 17.7. The lowest BCUT2D eigenvalue weighted by atomic mass is 10.0. The highest BCUT2D eigenvalue weighted by atomic mass is 16.6. The molecular weight excluding hydrogens is 466 g/mol. The summed E-state index contributed by atoms with van der Waals surface area (Å²) in [5.41, 5.74) is 1.92. The average molecular weight is 506 g/mol. The molecule has 0 aliphatic carbocycles. The number of nitrogens with one attached hydrogen (secondary N) is 2. The molecule has 2 aliphatic heterocycles. The molecule has 2 aliphatic rings. The van der Waals surface area contributed by atoms with Crippen molar-refractivity contribution in [1.29, 1.82) is 5.41 Å². The normalized spacial score (nSPS) is 17.9. The molecule has 0 saturated carbocycles. The summed E-state index contributed by atoms with van der Waals surface area (Å²) in [6, 6.07) is 17.4. The maximum Gasteiger partial charge on any atom is 0.320 e. The molecule has 1 amide bonds. The highest BCUT2D eigenvalue weighted by molar-refractivity contribution is 6.11. The second-order valence-corrected chi connectivity index (χ2v) is 10.9. The minimum absolute atomic E-state index is 0.100. The highest BCUT2D eigenvalue weighted by Crippen LogP contribution is 2.22. The topological polar surface area (TPSA) is 89.0 Å². The Hall–Kier alpha value is -3.23. The number of piperazine rings is 1. The largest absolute Gasteiger partial charge is 0.459 e. The summed E-state index contributed by atoms with van der Waals surface area (Å²) in [7, 11) is 0. The van der Waals surface area contributed by atoms with Crippen molar-refractivity contribution in [2.45, 2.75) is 45.3 Å². The van der Waals surface area contributed by atoms with Gasteiger partial charge in [-0.05, 0) is 70.0 Å². The second kappa shape index (κ2) is 11.9. The van der Waals surface area contributed by atoms with Gasteiger partial charge in [0.25, 0.3) is 5.91 Å². The lowest BCUT2D eigenvalue weighted by Crippen LogP contribution is -2.53. The third kappa shape index (κ3) is 7.63. The Morgan fingerprint density at radius 1 is 0.892 bits per heavy atom. The van der Waals surface area contributed by atoms with Gasteiger partial charge in [0.05, 0.1) is 6.54 Å². The van der Waals surface area contributed by atoms with E-state index in [4.69, 9.17) is 10.1 Å². The van der Waals surface area contributed by atoms with Crippen LogP contribution in [0.25, 0.3) is 0 Å². The molecule has 8 heteroatoms. The predicted octanol–water partition coefficient (Wildman–Crippen LogP) is 3.37. The van der Waals surface area contributed by atoms with Gasteiger partial charge in [0.2, 0.25) is 0 Å². The molecule has 0 unspecified atom stereocenters. The van der Waals surface area contributed by atoms with Crippen LogP contribution in [0.3, 0.4) is 0 Å². The first-order valence-electron chi connectivity index (χ1n) is 13.2. The van der Waals surface area contributed by atoms with Crippen molar-refractivity contribution in [2.75, 3.05) is 50.7 Å². The number of rotatable bonds is 6. The number of hydrogen-bond donors (Lipinski definition) is 2. The highest BCUT2D eigenvalue weighted by Gasteiger charge is 2.29. The lowest BCUT2D eigenvalue weighted by Gasteiger charge is -2.43. The molecule has 2 heterocycles. The van der Waals surface area contributed by atoms with Gasteiger partial charge in [-0.3, -0.25) is 24.8 Å². The number of amides is 1. The van der Waals surface area contributed by atoms with E-state index in [1.54, 1.807) is 12.1 Å². The summed E-state index contributed by atoms with van der Waals surface area (Å²) in [5.74, 6) is -0.316. The second-order valence-electron chi connectivity index (χ2n) is 10.9. The number of nitrogens with zero attached hydrogens (tertiary/aromatic N) is 3. The fourth-order valence-corrected chi connectivity index (χ4v) is 5.03. The molecule has 0 atom stereocenters. The van der Waals surface area contributed by atoms with E-state index in [0.717, 1.165) is 57.8 Å². The van der Waals surface area contributed by atoms with E-state index in [0.29, 0.717) is 23.7 Å². The SMILES string of the molecule is CC(C)(C)OC(=O)CN1CCC(N2CCN(c3ccc(C(=N)NC(=O)c4ccccc4)cc3)CC2)CC1. The number of anilines is 1. The molecule has 0 aromatic heterocycles. The Bertz CT molecular complexity index is 1060. The third-order valence-corrected chi connectivity index (χ3v) is 6.96. The Morgan fingerprint density at radius 3 is 2.11 bits per heavy atom. The predicted molar refractivity (Wildman–Crippen MR) is 146 cm³/mol. The van der Waals surface area contributed by atoms with Gasteiger partial charge >= 0.3 is 5.97 Å². The van der Waals surface area contributed by atoms with Crippen LogP contribution in [0, 0.1) is 5.41 Å². The molecule has 2 fully saturated rings. The van der Waals surface area contributed by atoms with Crippen LogP contribution < -0.4 is 10.2 Å². The number of likely N-dealkylation sites (tertiary alicyclic amines) is 1. The molecule has 2 aromatic carbocycles. The quantitative estimate of drug-likeness (QED) is 0.356. The number of carbonyl (C=O) groups is 2. The molecule has 2 aromatic rings. The minimum atomic E-state index is -0.435. The number of esters is 1. The van der Waals surface area contributed by atoms with Gasteiger partial charge in [0.1, 0.15) is 11.4 Å². The Balaban J connectivity index is 1.21. The number of benzene rings is 2. The first-order valence-corrected chi connectivity index (χ1v) is 13.2. The van der Waals surface area contributed by atoms with Crippen molar-refractivity contribution in [3.05, 3.63) is 65.7 Å². The zero-order valence-electron chi connectivity index (χ0n) is 22.2. The van der Waals surface area contributed by atoms with Crippen LogP contribution in [-0.4, -0.2) is 85.0 Å². The molecular formula is C29H39N5O3. The first kappa shape index (κ1) is 26.8. The summed E-state index contributed by atoms with van der Waals surface area (Å²) in [6.45, 7) is 11.9. The van der Waals surface area contributed by atoms with E-state index in [1.807, 2.05) is 63.2 Å². The van der Waals surface area contributed by atoms with Crippen molar-refractivity contribution in [3.8, 4) is 0 Å². The van der Waals surface area contributed by atoms with E-state index in [9.17, 15) is 9.59 Å². The average Bonchev–Trinajstić information content (AvgIpc) is 2.89. The third-order valence-electron chi connectivity index (χ3n) is 6.96. The molecule has 0 radical (unpaired) electrons. The maximum atomic E-state index is 12.3. The van der Waals surface area contributed by atoms with Crippen molar-refractivity contribution in [3.63, 3.8) is 0 Å². The van der Waals surface area contributed by atoms with Crippen molar-refractivity contribution >= 4 is 23.4 Å². The fraction of sp³-hybridized carbons (Fsp3) is 0.483. The molecule has 4 rings (SSSR count). The van der Waals surface area contributed by atoms with Gasteiger partial charge in [-0.2, -0.15) is 0 Å². The molecule has 0 spiro atoms. The number of carbonyl (C=O) groups excluding carboxylic acids is 2. The fourth-order valence-electron chi connectivity index (χ4n) is 5.03. The Kier molecular flexibility index (Phi) is 8.61. The number of ether oxygens (including phenoxy) is 1. The molecule has 2 N–H and O–H groups in total. The smallest absolute Gasteiger partial charge is 0.320 e. The summed E-state index contributed by atoms with van der Waals surface area (Å²) in [5, 5.41) is 10.9. The van der Waals surface area contributed by atoms with Gasteiger partial charge in [-0.1, -0.05) is 18.2 Å². The summed E-state index contributed by atoms with van der Waals surface area (Å²) in [6.07, 6.45) is 2.16. The lowest BCUT2D eigenvalue weighted by molar-refractivity contribution is -0.156. The van der Waals surface area contributed by atoms with Gasteiger partial charge in [0, 0.05) is 62.1 Å². The van der Waals surface area contributed by atoms with Crippen LogP contribution in [0.2, 0.25) is 0 Å². The van der Waals surface area contributed by atoms with E-state index in [2.05, 4.69) is 20.0 Å². The van der Waals surface area contributed by atoms with E-state index < -0.39 is 5.60 Å². The summed E-state index contributed by atoms with van der Waals surface area (Å²) in [4.78, 5) is 31.6. The van der Waals surface area contributed by atoms with E-state index in [-0.39, 0.29) is 17.7 Å². The van der Waals surface area contributed by atoms with Crippen LogP contribution >= 0.6 is 0 Å². The van der Waals surface area contributed by atoms with E-state index >= 15 is 0 Å². The summed E-state index contributed by atoms with van der Waals surface area (Å²) < 4.78 is 5.47. The monoisotopic (exact) mass is 505 g/mol. The van der Waals surface area contributed by atoms with Crippen LogP contribution in [0.4, 0.5) is 5.69 Å². The van der Waals surface area contributed by atoms with Crippen LogP contribution in [0.15, 0.2) is 54.6 Å². The van der Waals surface area contributed by atoms with Crippen LogP contribution in [0.1, 0.15) is 49.5 Å². The van der Waals surface area contributed by atoms with Crippen LogP contribution in [0.5, 0.6) is 0 Å². The molecule has 37 heavy (non-hydrogen) atoms. The summed E-state index contributed by atoms with van der Waals surface area (Å²) >= 11 is 0. The van der Waals surface area contributed by atoms with Crippen molar-refractivity contribution < 1.29 is 14.3 Å². The van der Waals surface area contributed by atoms with Crippen LogP contribution in [-0.2, 0) is 9.53 Å². The molecule has 8 nitrogen and oxygen atoms in total. The van der Waals surface area contributed by atoms with Crippen molar-refractivity contribution in [1.82, 2.24) is 15.1 Å². The number of piperidine rings is 1. The van der Waals surface area contributed by atoms with E-state index in [1.165, 1.54) is 0 Å². The number of amidine groups is 1. The molecule has 2 saturated heterocycles. The Morgan fingerprint density at radius 2 is 1.51 bits per heavy atom. The molecule has 198 valence electrons. The van der Waals surface area contributed by atoms with Gasteiger partial charge in [-0.15, -0.1) is 0 Å². The van der Waals surface area contributed by atoms with Gasteiger partial charge < -0.3 is 15.0 Å². The molecule has 0 bridgehead atoms.